The smallest absolute Gasteiger partial charge is 0.222 e. The van der Waals surface area contributed by atoms with Gasteiger partial charge in [0.05, 0.1) is 53.2 Å². The first-order chi connectivity index (χ1) is 17.1. The molecule has 35 heavy (non-hydrogen) atoms. The van der Waals surface area contributed by atoms with E-state index in [-0.39, 0.29) is 12.5 Å². The molecule has 1 amide bonds. The van der Waals surface area contributed by atoms with Crippen LogP contribution in [0, 0.1) is 5.92 Å². The number of amides is 1. The normalized spacial score (nSPS) is 14.3. The molecule has 4 aromatic rings. The molecule has 0 saturated carbocycles. The number of hydrogen-bond acceptors (Lipinski definition) is 7. The first kappa shape index (κ1) is 22.8. The number of piperidine rings is 1. The van der Waals surface area contributed by atoms with Crippen LogP contribution in [-0.4, -0.2) is 57.8 Å². The molecule has 0 unspecified atom stereocenters. The van der Waals surface area contributed by atoms with Gasteiger partial charge in [0.15, 0.2) is 0 Å². The fourth-order valence-electron chi connectivity index (χ4n) is 4.56. The molecule has 9 heteroatoms. The zero-order valence-corrected chi connectivity index (χ0v) is 19.8. The number of aromatic nitrogens is 4. The van der Waals surface area contributed by atoms with E-state index >= 15 is 0 Å². The van der Waals surface area contributed by atoms with Crippen LogP contribution in [0.4, 0.5) is 11.5 Å². The SMILES string of the molecule is COc1ccc(-c2c(-c3ccnc(NC(C)=O)c3)[nH]c3cc(N4CCC(CO)CC4)cnc23)nc1. The van der Waals surface area contributed by atoms with Crippen molar-refractivity contribution in [2.75, 3.05) is 37.0 Å². The van der Waals surface area contributed by atoms with E-state index in [9.17, 15) is 9.90 Å². The number of ether oxygens (including phenoxy) is 1. The van der Waals surface area contributed by atoms with Crippen molar-refractivity contribution in [1.29, 1.82) is 0 Å². The maximum absolute atomic E-state index is 11.6. The van der Waals surface area contributed by atoms with Gasteiger partial charge in [-0.25, -0.2) is 4.98 Å². The van der Waals surface area contributed by atoms with Crippen LogP contribution in [0.25, 0.3) is 33.5 Å². The minimum Gasteiger partial charge on any atom is -0.495 e. The van der Waals surface area contributed by atoms with Crippen LogP contribution >= 0.6 is 0 Å². The van der Waals surface area contributed by atoms with Crippen molar-refractivity contribution < 1.29 is 14.6 Å². The number of hydrogen-bond donors (Lipinski definition) is 3. The molecule has 0 aromatic carbocycles. The average Bonchev–Trinajstić information content (AvgIpc) is 3.27. The number of aliphatic hydroxyl groups is 1. The first-order valence-electron chi connectivity index (χ1n) is 11.7. The van der Waals surface area contributed by atoms with E-state index in [1.807, 2.05) is 30.5 Å². The molecule has 1 aliphatic heterocycles. The molecular formula is C26H28N6O3. The number of carbonyl (C=O) groups excluding carboxylic acids is 1. The molecule has 9 nitrogen and oxygen atoms in total. The van der Waals surface area contributed by atoms with Gasteiger partial charge >= 0.3 is 0 Å². The highest BCUT2D eigenvalue weighted by atomic mass is 16.5. The number of anilines is 2. The molecule has 5 rings (SSSR count). The summed E-state index contributed by atoms with van der Waals surface area (Å²) in [5.74, 6) is 1.34. The van der Waals surface area contributed by atoms with Gasteiger partial charge in [-0.3, -0.25) is 14.8 Å². The summed E-state index contributed by atoms with van der Waals surface area (Å²) in [5.41, 5.74) is 6.08. The number of H-pyrrole nitrogens is 1. The maximum atomic E-state index is 11.6. The Morgan fingerprint density at radius 1 is 1.17 bits per heavy atom. The van der Waals surface area contributed by atoms with Crippen molar-refractivity contribution in [3.8, 4) is 28.3 Å². The second-order valence-electron chi connectivity index (χ2n) is 8.77. The molecule has 3 N–H and O–H groups in total. The van der Waals surface area contributed by atoms with E-state index in [0.717, 1.165) is 65.2 Å². The minimum atomic E-state index is -0.181. The highest BCUT2D eigenvalue weighted by Crippen LogP contribution is 2.38. The van der Waals surface area contributed by atoms with Gasteiger partial charge in [0.1, 0.15) is 11.6 Å². The van der Waals surface area contributed by atoms with Gasteiger partial charge in [-0.1, -0.05) is 0 Å². The molecule has 5 heterocycles. The lowest BCUT2D eigenvalue weighted by Gasteiger charge is -2.32. The summed E-state index contributed by atoms with van der Waals surface area (Å²) in [4.78, 5) is 31.2. The van der Waals surface area contributed by atoms with Crippen LogP contribution < -0.4 is 15.0 Å². The standard InChI is InChI=1S/C26H28N6O3/c1-16(34)30-23-11-18(5-8-27-23)25-24(21-4-3-20(35-2)14-28-21)26-22(31-25)12-19(13-29-26)32-9-6-17(15-33)7-10-32/h3-5,8,11-14,17,31,33H,6-7,9-10,15H2,1-2H3,(H,27,30,34). The van der Waals surface area contributed by atoms with Crippen LogP contribution in [0.3, 0.4) is 0 Å². The van der Waals surface area contributed by atoms with Crippen molar-refractivity contribution in [2.24, 2.45) is 5.92 Å². The molecule has 1 saturated heterocycles. The van der Waals surface area contributed by atoms with E-state index in [0.29, 0.717) is 17.5 Å². The molecule has 1 aliphatic rings. The second-order valence-corrected chi connectivity index (χ2v) is 8.77. The van der Waals surface area contributed by atoms with Crippen LogP contribution in [-0.2, 0) is 4.79 Å². The zero-order chi connectivity index (χ0) is 24.4. The third kappa shape index (κ3) is 4.67. The summed E-state index contributed by atoms with van der Waals surface area (Å²) in [5, 5.41) is 12.2. The fraction of sp³-hybridized carbons (Fsp3) is 0.308. The molecule has 180 valence electrons. The number of pyridine rings is 3. The zero-order valence-electron chi connectivity index (χ0n) is 19.8. The molecule has 0 spiro atoms. The van der Waals surface area contributed by atoms with E-state index in [1.165, 1.54) is 6.92 Å². The summed E-state index contributed by atoms with van der Waals surface area (Å²) in [6.45, 7) is 3.49. The predicted octanol–water partition coefficient (Wildman–Crippen LogP) is 3.86. The Labute approximate surface area is 203 Å². The number of fused-ring (bicyclic) bond motifs is 1. The van der Waals surface area contributed by atoms with Gasteiger partial charge in [-0.05, 0) is 49.1 Å². The van der Waals surface area contributed by atoms with E-state index in [2.05, 4.69) is 31.2 Å². The fourth-order valence-corrected chi connectivity index (χ4v) is 4.56. The van der Waals surface area contributed by atoms with Gasteiger partial charge in [0.25, 0.3) is 0 Å². The van der Waals surface area contributed by atoms with Crippen LogP contribution in [0.5, 0.6) is 5.75 Å². The third-order valence-corrected chi connectivity index (χ3v) is 6.44. The number of nitrogens with zero attached hydrogens (tertiary/aromatic N) is 4. The van der Waals surface area contributed by atoms with Crippen LogP contribution in [0.15, 0.2) is 48.9 Å². The lowest BCUT2D eigenvalue weighted by atomic mass is 9.97. The van der Waals surface area contributed by atoms with Gasteiger partial charge in [-0.2, -0.15) is 0 Å². The molecule has 1 fully saturated rings. The van der Waals surface area contributed by atoms with Crippen LogP contribution in [0.2, 0.25) is 0 Å². The van der Waals surface area contributed by atoms with Crippen molar-refractivity contribution in [3.63, 3.8) is 0 Å². The van der Waals surface area contributed by atoms with Gasteiger partial charge in [0, 0.05) is 38.4 Å². The number of nitrogens with one attached hydrogen (secondary N) is 2. The van der Waals surface area contributed by atoms with Gasteiger partial charge < -0.3 is 25.0 Å². The van der Waals surface area contributed by atoms with Gasteiger partial charge in [0.2, 0.25) is 5.91 Å². The number of aromatic amines is 1. The Kier molecular flexibility index (Phi) is 6.33. The lowest BCUT2D eigenvalue weighted by Crippen LogP contribution is -2.34. The molecular weight excluding hydrogens is 444 g/mol. The summed E-state index contributed by atoms with van der Waals surface area (Å²) < 4.78 is 5.28. The topological polar surface area (TPSA) is 116 Å². The van der Waals surface area contributed by atoms with E-state index in [1.54, 1.807) is 19.5 Å². The summed E-state index contributed by atoms with van der Waals surface area (Å²) >= 11 is 0. The number of aliphatic hydroxyl groups excluding tert-OH is 1. The number of carbonyl (C=O) groups is 1. The largest absolute Gasteiger partial charge is 0.495 e. The first-order valence-corrected chi connectivity index (χ1v) is 11.7. The third-order valence-electron chi connectivity index (χ3n) is 6.44. The van der Waals surface area contributed by atoms with Crippen LogP contribution in [0.1, 0.15) is 19.8 Å². The van der Waals surface area contributed by atoms with Crippen molar-refractivity contribution in [2.45, 2.75) is 19.8 Å². The van der Waals surface area contributed by atoms with E-state index < -0.39 is 0 Å². The van der Waals surface area contributed by atoms with E-state index in [4.69, 9.17) is 9.72 Å². The Hall–Kier alpha value is -3.98. The van der Waals surface area contributed by atoms with Crippen molar-refractivity contribution >= 4 is 28.4 Å². The quantitative estimate of drug-likeness (QED) is 0.390. The summed E-state index contributed by atoms with van der Waals surface area (Å²) in [6.07, 6.45) is 7.19. The average molecular weight is 473 g/mol. The van der Waals surface area contributed by atoms with Crippen molar-refractivity contribution in [1.82, 2.24) is 19.9 Å². The Bertz CT molecular complexity index is 1340. The minimum absolute atomic E-state index is 0.181. The maximum Gasteiger partial charge on any atom is 0.222 e. The molecule has 4 aromatic heterocycles. The monoisotopic (exact) mass is 472 g/mol. The second kappa shape index (κ2) is 9.71. The Morgan fingerprint density at radius 2 is 2.00 bits per heavy atom. The number of rotatable bonds is 6. The molecule has 0 bridgehead atoms. The Morgan fingerprint density at radius 3 is 2.69 bits per heavy atom. The summed E-state index contributed by atoms with van der Waals surface area (Å²) in [7, 11) is 1.61. The summed E-state index contributed by atoms with van der Waals surface area (Å²) in [6, 6.07) is 9.63. The molecule has 0 aliphatic carbocycles. The van der Waals surface area contributed by atoms with Crippen molar-refractivity contribution in [3.05, 3.63) is 48.9 Å². The predicted molar refractivity (Wildman–Crippen MR) is 135 cm³/mol. The Balaban J connectivity index is 1.61. The molecule has 0 radical (unpaired) electrons. The molecule has 0 atom stereocenters. The highest BCUT2D eigenvalue weighted by Gasteiger charge is 2.22. The highest BCUT2D eigenvalue weighted by molar-refractivity contribution is 6.02. The number of methoxy groups -OCH3 is 1. The van der Waals surface area contributed by atoms with Gasteiger partial charge in [-0.15, -0.1) is 0 Å². The lowest BCUT2D eigenvalue weighted by molar-refractivity contribution is -0.114.